The molecular weight excluding hydrogens is 175 g/mol. The van der Waals surface area contributed by atoms with Gasteiger partial charge in [0.1, 0.15) is 0 Å². The Labute approximate surface area is 67.1 Å². The fourth-order valence-electron chi connectivity index (χ4n) is 0.394. The van der Waals surface area contributed by atoms with E-state index in [9.17, 15) is 17.3 Å². The van der Waals surface area contributed by atoms with Gasteiger partial charge in [-0.25, -0.2) is 4.42 Å². The predicted octanol–water partition coefficient (Wildman–Crippen LogP) is 3.17. The molecule has 0 aromatic carbocycles. The van der Waals surface area contributed by atoms with E-state index < -0.39 is 7.25 Å². The van der Waals surface area contributed by atoms with E-state index in [4.69, 9.17) is 4.42 Å². The number of rotatable bonds is 0. The van der Waals surface area contributed by atoms with Crippen molar-refractivity contribution in [2.45, 2.75) is 6.92 Å². The van der Waals surface area contributed by atoms with Crippen LogP contribution in [0, 0.1) is 6.92 Å². The van der Waals surface area contributed by atoms with E-state index in [1.54, 1.807) is 12.5 Å². The lowest BCUT2D eigenvalue weighted by molar-refractivity contribution is 0.368. The smallest absolute Gasteiger partial charge is 0.418 e. The third kappa shape index (κ3) is 11.7. The van der Waals surface area contributed by atoms with E-state index in [0.29, 0.717) is 0 Å². The number of hydrogen-bond donors (Lipinski definition) is 0. The predicted molar refractivity (Wildman–Crippen MR) is 38.0 cm³/mol. The van der Waals surface area contributed by atoms with Gasteiger partial charge >= 0.3 is 19.8 Å². The van der Waals surface area contributed by atoms with Crippen molar-refractivity contribution in [2.75, 3.05) is 0 Å². The van der Waals surface area contributed by atoms with Crippen molar-refractivity contribution >= 4 is 7.25 Å². The lowest BCUT2D eigenvalue weighted by Crippen LogP contribution is -2.02. The summed E-state index contributed by atoms with van der Waals surface area (Å²) in [4.78, 5) is 0. The molecule has 0 aliphatic rings. The molecule has 1 aromatic heterocycles. The monoisotopic (exact) mass is 182 g/mol. The first-order valence-electron chi connectivity index (χ1n) is 3.09. The lowest BCUT2D eigenvalue weighted by atomic mass is 10.3. The van der Waals surface area contributed by atoms with Crippen LogP contribution in [0.2, 0.25) is 0 Å². The molecule has 0 aliphatic carbocycles. The minimum Gasteiger partial charge on any atom is -0.418 e. The molecule has 0 saturated carbocycles. The molecule has 0 aliphatic heterocycles. The van der Waals surface area contributed by atoms with Gasteiger partial charge in [-0.05, 0) is 12.5 Å². The van der Waals surface area contributed by atoms with Crippen molar-refractivity contribution in [2.24, 2.45) is 0 Å². The van der Waals surface area contributed by atoms with Crippen LogP contribution in [0.1, 0.15) is 5.56 Å². The Balaban J connectivity index is 0.000000217. The third-order valence-corrected chi connectivity index (χ3v) is 0.819. The Morgan fingerprint density at radius 2 is 1.42 bits per heavy atom. The van der Waals surface area contributed by atoms with E-state index in [1.165, 1.54) is 5.56 Å². The molecule has 12 heavy (non-hydrogen) atoms. The topological polar surface area (TPSA) is 11.3 Å². The van der Waals surface area contributed by atoms with Crippen LogP contribution in [0.5, 0.6) is 0 Å². The fraction of sp³-hybridized carbons (Fsp3) is 0.167. The Bertz CT molecular complexity index is 205. The molecule has 6 heteroatoms. The first-order chi connectivity index (χ1) is 5.39. The highest BCUT2D eigenvalue weighted by Gasteiger charge is 2.20. The molecule has 0 N–H and O–H groups in total. The highest BCUT2D eigenvalue weighted by molar-refractivity contribution is 6.50. The largest absolute Gasteiger partial charge is 0.673 e. The number of hydrogen-bond acceptors (Lipinski definition) is 0. The molecule has 1 aromatic rings. The molecule has 0 fully saturated rings. The van der Waals surface area contributed by atoms with Crippen molar-refractivity contribution in [1.29, 1.82) is 0 Å². The van der Waals surface area contributed by atoms with Gasteiger partial charge in [0.05, 0.1) is 0 Å². The summed E-state index contributed by atoms with van der Waals surface area (Å²) in [7, 11) is -6.00. The summed E-state index contributed by atoms with van der Waals surface area (Å²) >= 11 is 0. The molecule has 0 saturated heterocycles. The molecule has 0 radical (unpaired) electrons. The average molecular weight is 182 g/mol. The van der Waals surface area contributed by atoms with Crippen LogP contribution in [0.3, 0.4) is 0 Å². The summed E-state index contributed by atoms with van der Waals surface area (Å²) in [6, 6.07) is 3.83. The average Bonchev–Trinajstić information content (AvgIpc) is 1.85. The van der Waals surface area contributed by atoms with Gasteiger partial charge in [-0.15, -0.1) is 0 Å². The minimum atomic E-state index is -6.00. The highest BCUT2D eigenvalue weighted by atomic mass is 19.5. The molecule has 68 valence electrons. The summed E-state index contributed by atoms with van der Waals surface area (Å²) in [5.41, 5.74) is 1.23. The molecule has 0 unspecified atom stereocenters. The van der Waals surface area contributed by atoms with Gasteiger partial charge in [-0.2, -0.15) is 0 Å². The summed E-state index contributed by atoms with van der Waals surface area (Å²) in [5, 5.41) is 0. The maximum absolute atomic E-state index is 9.75. The van der Waals surface area contributed by atoms with Gasteiger partial charge in [0.2, 0.25) is 0 Å². The SMILES string of the molecule is Cc1cc[o+]cc1.F[B-](F)(F)F. The second-order valence-electron chi connectivity index (χ2n) is 1.98. The van der Waals surface area contributed by atoms with Gasteiger partial charge in [0.15, 0.2) is 0 Å². The van der Waals surface area contributed by atoms with Crippen LogP contribution in [0.4, 0.5) is 17.3 Å². The Kier molecular flexibility index (Phi) is 4.32. The highest BCUT2D eigenvalue weighted by Crippen LogP contribution is 2.06. The standard InChI is InChI=1S/C6H7O.BF4/c1-6-2-4-7-5-3-6;2-1(3,4)5/h2-5H,1H3;/q+1;-1. The Hall–Kier alpha value is -1.07. The van der Waals surface area contributed by atoms with Gasteiger partial charge < -0.3 is 17.3 Å². The number of aryl methyl sites for hydroxylation is 1. The molecule has 0 atom stereocenters. The zero-order valence-electron chi connectivity index (χ0n) is 6.31. The second-order valence-corrected chi connectivity index (χ2v) is 1.98. The van der Waals surface area contributed by atoms with Gasteiger partial charge in [0.25, 0.3) is 0 Å². The van der Waals surface area contributed by atoms with Crippen molar-refractivity contribution in [1.82, 2.24) is 0 Å². The van der Waals surface area contributed by atoms with Crippen LogP contribution in [0.25, 0.3) is 0 Å². The van der Waals surface area contributed by atoms with E-state index in [2.05, 4.69) is 0 Å². The van der Waals surface area contributed by atoms with Crippen molar-refractivity contribution in [3.05, 3.63) is 30.2 Å². The second kappa shape index (κ2) is 4.74. The summed E-state index contributed by atoms with van der Waals surface area (Å²) in [6.07, 6.45) is 3.32. The minimum absolute atomic E-state index is 1.23. The molecule has 0 bridgehead atoms. The maximum Gasteiger partial charge on any atom is 0.673 e. The lowest BCUT2D eigenvalue weighted by Gasteiger charge is -1.94. The molecule has 1 heterocycles. The normalized spacial score (nSPS) is 10.1. The Morgan fingerprint density at radius 1 is 1.08 bits per heavy atom. The van der Waals surface area contributed by atoms with Crippen molar-refractivity contribution < 1.29 is 21.7 Å². The number of halogens is 4. The van der Waals surface area contributed by atoms with E-state index in [1.807, 2.05) is 19.1 Å². The van der Waals surface area contributed by atoms with Crippen LogP contribution >= 0.6 is 0 Å². The quantitative estimate of drug-likeness (QED) is 0.340. The van der Waals surface area contributed by atoms with E-state index in [0.717, 1.165) is 0 Å². The summed E-state index contributed by atoms with van der Waals surface area (Å²) in [6.45, 7) is 2.02. The van der Waals surface area contributed by atoms with Crippen molar-refractivity contribution in [3.8, 4) is 0 Å². The van der Waals surface area contributed by atoms with Crippen LogP contribution in [-0.2, 0) is 0 Å². The summed E-state index contributed by atoms with van der Waals surface area (Å²) in [5.74, 6) is 0. The van der Waals surface area contributed by atoms with Gasteiger partial charge in [-0.1, -0.05) is 0 Å². The van der Waals surface area contributed by atoms with Gasteiger partial charge in [0, 0.05) is 12.1 Å². The van der Waals surface area contributed by atoms with E-state index >= 15 is 0 Å². The fourth-order valence-corrected chi connectivity index (χ4v) is 0.394. The van der Waals surface area contributed by atoms with Crippen molar-refractivity contribution in [3.63, 3.8) is 0 Å². The molecule has 0 spiro atoms. The summed E-state index contributed by atoms with van der Waals surface area (Å²) < 4.78 is 43.8. The maximum atomic E-state index is 9.75. The van der Waals surface area contributed by atoms with Crippen LogP contribution in [-0.4, -0.2) is 7.25 Å². The third-order valence-electron chi connectivity index (χ3n) is 0.819. The molecular formula is C6H7BF4O. The Morgan fingerprint density at radius 3 is 1.58 bits per heavy atom. The van der Waals surface area contributed by atoms with E-state index in [-0.39, 0.29) is 0 Å². The molecule has 1 rings (SSSR count). The van der Waals surface area contributed by atoms with Crippen LogP contribution < -0.4 is 0 Å². The zero-order chi connectivity index (χ0) is 9.61. The zero-order valence-corrected chi connectivity index (χ0v) is 6.31. The molecule has 0 amide bonds. The van der Waals surface area contributed by atoms with Gasteiger partial charge in [-0.3, -0.25) is 0 Å². The first-order valence-corrected chi connectivity index (χ1v) is 3.09. The van der Waals surface area contributed by atoms with Crippen LogP contribution in [0.15, 0.2) is 29.1 Å². The first kappa shape index (κ1) is 10.9. The molecule has 1 nitrogen and oxygen atoms in total.